The first-order valence-electron chi connectivity index (χ1n) is 9.05. The molecular formula is C23H12Cl2FNO3. The number of carbonyl (C=O) groups is 1. The zero-order valence-corrected chi connectivity index (χ0v) is 16.7. The third-order valence-corrected chi connectivity index (χ3v) is 5.57. The summed E-state index contributed by atoms with van der Waals surface area (Å²) in [7, 11) is 0. The topological polar surface area (TPSA) is 50.5 Å². The summed E-state index contributed by atoms with van der Waals surface area (Å²) in [5.74, 6) is -0.949. The van der Waals surface area contributed by atoms with Gasteiger partial charge in [0.15, 0.2) is 5.43 Å². The van der Waals surface area contributed by atoms with Crippen LogP contribution in [0.5, 0.6) is 0 Å². The van der Waals surface area contributed by atoms with Gasteiger partial charge in [-0.15, -0.1) is 0 Å². The van der Waals surface area contributed by atoms with Crippen molar-refractivity contribution in [3.05, 3.63) is 110 Å². The van der Waals surface area contributed by atoms with Crippen LogP contribution in [0.1, 0.15) is 27.7 Å². The SMILES string of the molecule is O=C1c2oc3ccc(Cl)cc3c(=O)c2C(c2ccc(F)cc2)N1c1cccc(Cl)c1. The highest BCUT2D eigenvalue weighted by atomic mass is 35.5. The molecule has 7 heteroatoms. The lowest BCUT2D eigenvalue weighted by Gasteiger charge is -2.25. The van der Waals surface area contributed by atoms with Crippen LogP contribution in [0.15, 0.2) is 75.9 Å². The van der Waals surface area contributed by atoms with E-state index in [9.17, 15) is 14.0 Å². The molecule has 3 aromatic carbocycles. The number of nitrogens with zero attached hydrogens (tertiary/aromatic N) is 1. The predicted molar refractivity (Wildman–Crippen MR) is 114 cm³/mol. The van der Waals surface area contributed by atoms with Crippen LogP contribution in [0, 0.1) is 5.82 Å². The smallest absolute Gasteiger partial charge is 0.295 e. The van der Waals surface area contributed by atoms with Gasteiger partial charge in [-0.25, -0.2) is 4.39 Å². The summed E-state index contributed by atoms with van der Waals surface area (Å²) in [6, 6.07) is 16.3. The second-order valence-corrected chi connectivity index (χ2v) is 7.80. The van der Waals surface area contributed by atoms with Crippen LogP contribution in [0.25, 0.3) is 11.0 Å². The molecule has 1 aliphatic rings. The third kappa shape index (κ3) is 2.90. The van der Waals surface area contributed by atoms with Gasteiger partial charge in [0, 0.05) is 15.7 Å². The minimum Gasteiger partial charge on any atom is -0.450 e. The van der Waals surface area contributed by atoms with Gasteiger partial charge in [0.25, 0.3) is 5.91 Å². The molecule has 148 valence electrons. The van der Waals surface area contributed by atoms with Crippen LogP contribution in [-0.2, 0) is 0 Å². The molecule has 2 heterocycles. The Kier molecular flexibility index (Phi) is 4.38. The van der Waals surface area contributed by atoms with Gasteiger partial charge < -0.3 is 4.42 Å². The van der Waals surface area contributed by atoms with E-state index in [-0.39, 0.29) is 27.7 Å². The monoisotopic (exact) mass is 439 g/mol. The van der Waals surface area contributed by atoms with E-state index >= 15 is 0 Å². The Labute approximate surface area is 180 Å². The van der Waals surface area contributed by atoms with Gasteiger partial charge >= 0.3 is 0 Å². The molecule has 4 aromatic rings. The van der Waals surface area contributed by atoms with Crippen molar-refractivity contribution in [1.29, 1.82) is 0 Å². The number of hydrogen-bond donors (Lipinski definition) is 0. The normalized spacial score (nSPS) is 15.6. The highest BCUT2D eigenvalue weighted by molar-refractivity contribution is 6.31. The molecule has 30 heavy (non-hydrogen) atoms. The van der Waals surface area contributed by atoms with Crippen LogP contribution >= 0.6 is 23.2 Å². The fourth-order valence-electron chi connectivity index (χ4n) is 3.80. The average Bonchev–Trinajstić information content (AvgIpc) is 3.02. The second-order valence-electron chi connectivity index (χ2n) is 6.92. The number of benzene rings is 3. The molecule has 0 saturated carbocycles. The number of rotatable bonds is 2. The Hall–Kier alpha value is -3.15. The standard InChI is InChI=1S/C23H12Cl2FNO3/c24-13-2-1-3-16(10-13)27-20(12-4-7-15(26)8-5-12)19-21(28)17-11-14(25)6-9-18(17)30-22(19)23(27)29/h1-11,20H. The molecular weight excluding hydrogens is 428 g/mol. The Morgan fingerprint density at radius 3 is 2.37 bits per heavy atom. The summed E-state index contributed by atoms with van der Waals surface area (Å²) >= 11 is 12.2. The molecule has 0 fully saturated rings. The average molecular weight is 440 g/mol. The largest absolute Gasteiger partial charge is 0.450 e. The van der Waals surface area contributed by atoms with E-state index in [4.69, 9.17) is 27.6 Å². The van der Waals surface area contributed by atoms with Crippen molar-refractivity contribution in [3.63, 3.8) is 0 Å². The van der Waals surface area contributed by atoms with Crippen molar-refractivity contribution in [2.24, 2.45) is 0 Å². The molecule has 1 aliphatic heterocycles. The molecule has 0 radical (unpaired) electrons. The maximum absolute atomic E-state index is 13.6. The van der Waals surface area contributed by atoms with E-state index in [0.29, 0.717) is 21.3 Å². The first-order chi connectivity index (χ1) is 14.4. The molecule has 0 spiro atoms. The van der Waals surface area contributed by atoms with Crippen LogP contribution in [0.2, 0.25) is 10.0 Å². The fraction of sp³-hybridized carbons (Fsp3) is 0.0435. The molecule has 5 rings (SSSR count). The molecule has 0 saturated heterocycles. The first-order valence-corrected chi connectivity index (χ1v) is 9.80. The molecule has 1 atom stereocenters. The van der Waals surface area contributed by atoms with Crippen molar-refractivity contribution in [2.75, 3.05) is 4.90 Å². The summed E-state index contributed by atoms with van der Waals surface area (Å²) in [5.41, 5.74) is 1.15. The lowest BCUT2D eigenvalue weighted by Crippen LogP contribution is -2.29. The Balaban J connectivity index is 1.83. The van der Waals surface area contributed by atoms with E-state index < -0.39 is 17.8 Å². The zero-order chi connectivity index (χ0) is 21.0. The first kappa shape index (κ1) is 18.9. The van der Waals surface area contributed by atoms with E-state index in [2.05, 4.69) is 0 Å². The summed E-state index contributed by atoms with van der Waals surface area (Å²) in [5, 5.41) is 1.09. The van der Waals surface area contributed by atoms with Crippen molar-refractivity contribution < 1.29 is 13.6 Å². The van der Waals surface area contributed by atoms with Crippen LogP contribution in [0.3, 0.4) is 0 Å². The Morgan fingerprint density at radius 2 is 1.63 bits per heavy atom. The Morgan fingerprint density at radius 1 is 0.900 bits per heavy atom. The quantitative estimate of drug-likeness (QED) is 0.385. The molecule has 4 nitrogen and oxygen atoms in total. The van der Waals surface area contributed by atoms with Crippen LogP contribution in [-0.4, -0.2) is 5.91 Å². The molecule has 1 amide bonds. The maximum atomic E-state index is 13.6. The van der Waals surface area contributed by atoms with Crippen LogP contribution in [0.4, 0.5) is 10.1 Å². The zero-order valence-electron chi connectivity index (χ0n) is 15.2. The minimum atomic E-state index is -0.800. The summed E-state index contributed by atoms with van der Waals surface area (Å²) in [4.78, 5) is 28.2. The highest BCUT2D eigenvalue weighted by Crippen LogP contribution is 2.41. The van der Waals surface area contributed by atoms with E-state index in [1.165, 1.54) is 23.1 Å². The fourth-order valence-corrected chi connectivity index (χ4v) is 4.15. The summed E-state index contributed by atoms with van der Waals surface area (Å²) < 4.78 is 19.4. The van der Waals surface area contributed by atoms with Gasteiger partial charge in [-0.1, -0.05) is 41.4 Å². The number of anilines is 1. The van der Waals surface area contributed by atoms with Crippen LogP contribution < -0.4 is 10.3 Å². The lowest BCUT2D eigenvalue weighted by molar-refractivity contribution is 0.0971. The highest BCUT2D eigenvalue weighted by Gasteiger charge is 2.43. The van der Waals surface area contributed by atoms with Crippen molar-refractivity contribution in [3.8, 4) is 0 Å². The van der Waals surface area contributed by atoms with Crippen molar-refractivity contribution in [2.45, 2.75) is 6.04 Å². The van der Waals surface area contributed by atoms with Gasteiger partial charge in [0.1, 0.15) is 11.4 Å². The number of carbonyl (C=O) groups excluding carboxylic acids is 1. The molecule has 1 aromatic heterocycles. The lowest BCUT2D eigenvalue weighted by atomic mass is 9.98. The van der Waals surface area contributed by atoms with E-state index in [1.54, 1.807) is 48.5 Å². The van der Waals surface area contributed by atoms with Crippen molar-refractivity contribution in [1.82, 2.24) is 0 Å². The number of amides is 1. The maximum Gasteiger partial charge on any atom is 0.295 e. The van der Waals surface area contributed by atoms with Gasteiger partial charge in [-0.05, 0) is 54.1 Å². The van der Waals surface area contributed by atoms with Gasteiger partial charge in [0.05, 0.1) is 17.0 Å². The van der Waals surface area contributed by atoms with Gasteiger partial charge in [-0.3, -0.25) is 14.5 Å². The molecule has 0 aliphatic carbocycles. The number of fused-ring (bicyclic) bond motifs is 2. The van der Waals surface area contributed by atoms with E-state index in [0.717, 1.165) is 0 Å². The summed E-state index contributed by atoms with van der Waals surface area (Å²) in [6.45, 7) is 0. The second kappa shape index (κ2) is 6.97. The summed E-state index contributed by atoms with van der Waals surface area (Å²) in [6.07, 6.45) is 0. The van der Waals surface area contributed by atoms with E-state index in [1.807, 2.05) is 0 Å². The predicted octanol–water partition coefficient (Wildman–Crippen LogP) is 5.99. The molecule has 1 unspecified atom stereocenters. The minimum absolute atomic E-state index is 0.0517. The number of hydrogen-bond acceptors (Lipinski definition) is 3. The Bertz CT molecular complexity index is 1380. The van der Waals surface area contributed by atoms with Gasteiger partial charge in [0.2, 0.25) is 5.76 Å². The molecule has 0 bridgehead atoms. The third-order valence-electron chi connectivity index (χ3n) is 5.10. The van der Waals surface area contributed by atoms with Gasteiger partial charge in [-0.2, -0.15) is 0 Å². The van der Waals surface area contributed by atoms with Crippen molar-refractivity contribution >= 4 is 45.8 Å². The molecule has 0 N–H and O–H groups in total. The number of halogens is 3.